The number of nitrogens with zero attached hydrogens (tertiary/aromatic N) is 1. The Kier molecular flexibility index (Phi) is 3.06. The Balaban J connectivity index is 1.89. The summed E-state index contributed by atoms with van der Waals surface area (Å²) >= 11 is 0. The van der Waals surface area contributed by atoms with Gasteiger partial charge in [0.2, 0.25) is 5.91 Å². The van der Waals surface area contributed by atoms with Crippen LogP contribution < -0.4 is 5.32 Å². The molecule has 1 amide bonds. The van der Waals surface area contributed by atoms with Crippen LogP contribution in [0.25, 0.3) is 0 Å². The van der Waals surface area contributed by atoms with Gasteiger partial charge in [-0.05, 0) is 31.7 Å². The molecule has 2 fully saturated rings. The first-order valence-corrected chi connectivity index (χ1v) is 5.73. The van der Waals surface area contributed by atoms with E-state index in [0.717, 1.165) is 24.9 Å². The Morgan fingerprint density at radius 3 is 2.36 bits per heavy atom. The van der Waals surface area contributed by atoms with Crippen LogP contribution in [0, 0.1) is 11.8 Å². The second-order valence-corrected chi connectivity index (χ2v) is 4.63. The number of amides is 1. The molecule has 1 N–H and O–H groups in total. The number of nitrogens with one attached hydrogen (secondary N) is 1. The van der Waals surface area contributed by atoms with Crippen LogP contribution in [0.5, 0.6) is 0 Å². The molecule has 2 aliphatic rings. The van der Waals surface area contributed by atoms with Gasteiger partial charge in [0.15, 0.2) is 0 Å². The molecule has 1 aliphatic carbocycles. The van der Waals surface area contributed by atoms with E-state index in [1.54, 1.807) is 0 Å². The molecule has 3 heteroatoms. The van der Waals surface area contributed by atoms with Gasteiger partial charge in [-0.3, -0.25) is 4.79 Å². The predicted octanol–water partition coefficient (Wildman–Crippen LogP) is 0.854. The number of hydrogen-bond acceptors (Lipinski definition) is 2. The van der Waals surface area contributed by atoms with Gasteiger partial charge >= 0.3 is 0 Å². The summed E-state index contributed by atoms with van der Waals surface area (Å²) < 4.78 is 0. The summed E-state index contributed by atoms with van der Waals surface area (Å²) in [5.74, 6) is 1.90. The van der Waals surface area contributed by atoms with Crippen molar-refractivity contribution in [2.45, 2.75) is 25.7 Å². The first-order chi connectivity index (χ1) is 6.81. The fraction of sp³-hybridized carbons (Fsp3) is 0.909. The summed E-state index contributed by atoms with van der Waals surface area (Å²) in [5, 5.41) is 2.93. The van der Waals surface area contributed by atoms with Crippen molar-refractivity contribution in [3.8, 4) is 0 Å². The highest BCUT2D eigenvalue weighted by atomic mass is 16.2. The van der Waals surface area contributed by atoms with Crippen LogP contribution >= 0.6 is 0 Å². The van der Waals surface area contributed by atoms with E-state index in [-0.39, 0.29) is 5.91 Å². The number of carbonyl (C=O) groups excluding carboxylic acids is 1. The van der Waals surface area contributed by atoms with Crippen LogP contribution in [0.4, 0.5) is 0 Å². The molecule has 2 rings (SSSR count). The van der Waals surface area contributed by atoms with Crippen molar-refractivity contribution >= 4 is 5.91 Å². The number of rotatable bonds is 2. The van der Waals surface area contributed by atoms with Gasteiger partial charge in [-0.2, -0.15) is 0 Å². The summed E-state index contributed by atoms with van der Waals surface area (Å²) in [4.78, 5) is 13.7. The summed E-state index contributed by atoms with van der Waals surface area (Å²) in [6.45, 7) is 2.54. The van der Waals surface area contributed by atoms with Gasteiger partial charge in [-0.15, -0.1) is 0 Å². The zero-order chi connectivity index (χ0) is 9.97. The first kappa shape index (κ1) is 9.97. The maximum atomic E-state index is 11.7. The molecule has 0 radical (unpaired) electrons. The number of carbonyl (C=O) groups is 1. The maximum absolute atomic E-state index is 11.7. The van der Waals surface area contributed by atoms with Crippen molar-refractivity contribution in [3.63, 3.8) is 0 Å². The smallest absolute Gasteiger partial charge is 0.236 e. The average Bonchev–Trinajstić information content (AvgIpc) is 2.61. The predicted molar refractivity (Wildman–Crippen MR) is 56.0 cm³/mol. The van der Waals surface area contributed by atoms with Crippen molar-refractivity contribution in [2.75, 3.05) is 26.7 Å². The standard InChI is InChI=1S/C11H20N2O/c1-12-6-11(14)13-7-9-4-2-3-5-10(9)8-13/h9-10,12H,2-8H2,1H3. The third-order valence-electron chi connectivity index (χ3n) is 3.66. The minimum Gasteiger partial charge on any atom is -0.341 e. The zero-order valence-electron chi connectivity index (χ0n) is 8.96. The Bertz CT molecular complexity index is 203. The van der Waals surface area contributed by atoms with Gasteiger partial charge in [0.1, 0.15) is 0 Å². The molecular formula is C11H20N2O. The third-order valence-corrected chi connectivity index (χ3v) is 3.66. The lowest BCUT2D eigenvalue weighted by atomic mass is 9.82. The summed E-state index contributed by atoms with van der Waals surface area (Å²) in [5.41, 5.74) is 0. The van der Waals surface area contributed by atoms with Crippen LogP contribution in [-0.2, 0) is 4.79 Å². The molecule has 0 aromatic carbocycles. The van der Waals surface area contributed by atoms with E-state index >= 15 is 0 Å². The van der Waals surface area contributed by atoms with Crippen LogP contribution in [0.1, 0.15) is 25.7 Å². The number of hydrogen-bond donors (Lipinski definition) is 1. The van der Waals surface area contributed by atoms with Crippen molar-refractivity contribution < 1.29 is 4.79 Å². The van der Waals surface area contributed by atoms with Crippen molar-refractivity contribution in [3.05, 3.63) is 0 Å². The Morgan fingerprint density at radius 2 is 1.86 bits per heavy atom. The average molecular weight is 196 g/mol. The normalized spacial score (nSPS) is 31.6. The maximum Gasteiger partial charge on any atom is 0.236 e. The highest BCUT2D eigenvalue weighted by molar-refractivity contribution is 5.78. The van der Waals surface area contributed by atoms with Crippen LogP contribution in [-0.4, -0.2) is 37.5 Å². The van der Waals surface area contributed by atoms with Gasteiger partial charge in [0.05, 0.1) is 6.54 Å². The van der Waals surface area contributed by atoms with E-state index in [9.17, 15) is 4.79 Å². The van der Waals surface area contributed by atoms with E-state index in [0.29, 0.717) is 6.54 Å². The molecule has 1 saturated heterocycles. The van der Waals surface area contributed by atoms with E-state index in [1.807, 2.05) is 7.05 Å². The first-order valence-electron chi connectivity index (χ1n) is 5.73. The molecule has 80 valence electrons. The highest BCUT2D eigenvalue weighted by Gasteiger charge is 2.35. The van der Waals surface area contributed by atoms with E-state index < -0.39 is 0 Å². The molecular weight excluding hydrogens is 176 g/mol. The van der Waals surface area contributed by atoms with Crippen LogP contribution in [0.2, 0.25) is 0 Å². The molecule has 0 spiro atoms. The fourth-order valence-electron chi connectivity index (χ4n) is 2.87. The molecule has 1 saturated carbocycles. The molecule has 0 aromatic heterocycles. The Labute approximate surface area is 85.8 Å². The van der Waals surface area contributed by atoms with Gasteiger partial charge in [-0.1, -0.05) is 12.8 Å². The second-order valence-electron chi connectivity index (χ2n) is 4.63. The lowest BCUT2D eigenvalue weighted by Crippen LogP contribution is -2.35. The lowest BCUT2D eigenvalue weighted by Gasteiger charge is -2.22. The topological polar surface area (TPSA) is 32.3 Å². The van der Waals surface area contributed by atoms with Gasteiger partial charge in [-0.25, -0.2) is 0 Å². The summed E-state index contributed by atoms with van der Waals surface area (Å²) in [6.07, 6.45) is 5.42. The van der Waals surface area contributed by atoms with Crippen molar-refractivity contribution in [1.29, 1.82) is 0 Å². The molecule has 3 nitrogen and oxygen atoms in total. The summed E-state index contributed by atoms with van der Waals surface area (Å²) in [7, 11) is 1.83. The molecule has 1 aliphatic heterocycles. The monoisotopic (exact) mass is 196 g/mol. The van der Waals surface area contributed by atoms with E-state index in [2.05, 4.69) is 10.2 Å². The zero-order valence-corrected chi connectivity index (χ0v) is 8.96. The molecule has 2 unspecified atom stereocenters. The van der Waals surface area contributed by atoms with Crippen molar-refractivity contribution in [1.82, 2.24) is 10.2 Å². The highest BCUT2D eigenvalue weighted by Crippen LogP contribution is 2.35. The Hall–Kier alpha value is -0.570. The van der Waals surface area contributed by atoms with Crippen molar-refractivity contribution in [2.24, 2.45) is 11.8 Å². The van der Waals surface area contributed by atoms with Crippen LogP contribution in [0.3, 0.4) is 0 Å². The quantitative estimate of drug-likeness (QED) is 0.710. The van der Waals surface area contributed by atoms with Gasteiger partial charge in [0, 0.05) is 13.1 Å². The second kappa shape index (κ2) is 4.30. The lowest BCUT2D eigenvalue weighted by molar-refractivity contribution is -0.129. The van der Waals surface area contributed by atoms with E-state index in [4.69, 9.17) is 0 Å². The Morgan fingerprint density at radius 1 is 1.29 bits per heavy atom. The fourth-order valence-corrected chi connectivity index (χ4v) is 2.87. The summed E-state index contributed by atoms with van der Waals surface area (Å²) in [6, 6.07) is 0. The third kappa shape index (κ3) is 1.92. The number of likely N-dealkylation sites (N-methyl/N-ethyl adjacent to an activating group) is 1. The van der Waals surface area contributed by atoms with E-state index in [1.165, 1.54) is 25.7 Å². The van der Waals surface area contributed by atoms with Gasteiger partial charge < -0.3 is 10.2 Å². The molecule has 1 heterocycles. The molecule has 14 heavy (non-hydrogen) atoms. The largest absolute Gasteiger partial charge is 0.341 e. The van der Waals surface area contributed by atoms with Gasteiger partial charge in [0.25, 0.3) is 0 Å². The van der Waals surface area contributed by atoms with Crippen LogP contribution in [0.15, 0.2) is 0 Å². The molecule has 2 atom stereocenters. The molecule has 0 bridgehead atoms. The SMILES string of the molecule is CNCC(=O)N1CC2CCCCC2C1. The number of likely N-dealkylation sites (tertiary alicyclic amines) is 1. The molecule has 0 aromatic rings. The minimum atomic E-state index is 0.280. The minimum absolute atomic E-state index is 0.280. The number of fused-ring (bicyclic) bond motifs is 1.